The third-order valence-electron chi connectivity index (χ3n) is 3.95. The van der Waals surface area contributed by atoms with Gasteiger partial charge in [0.1, 0.15) is 0 Å². The number of esters is 1. The lowest BCUT2D eigenvalue weighted by Gasteiger charge is -2.26. The number of carbonyl (C=O) groups is 1. The van der Waals surface area contributed by atoms with Crippen LogP contribution in [0.1, 0.15) is 27.9 Å². The number of hydrogen-bond acceptors (Lipinski definition) is 2. The quantitative estimate of drug-likeness (QED) is 0.290. The second kappa shape index (κ2) is 8.64. The van der Waals surface area contributed by atoms with E-state index in [1.54, 1.807) is 12.1 Å². The van der Waals surface area contributed by atoms with Crippen LogP contribution in [-0.2, 0) is 4.74 Å². The summed E-state index contributed by atoms with van der Waals surface area (Å²) in [6, 6.07) is 19.8. The van der Waals surface area contributed by atoms with E-state index in [2.05, 4.69) is 62.1 Å². The first-order chi connectivity index (χ1) is 11.5. The molecule has 2 aromatic rings. The van der Waals surface area contributed by atoms with Crippen LogP contribution in [0.2, 0.25) is 19.6 Å². The Morgan fingerprint density at radius 3 is 2.17 bits per heavy atom. The van der Waals surface area contributed by atoms with Gasteiger partial charge in [-0.2, -0.15) is 0 Å². The minimum atomic E-state index is -1.36. The zero-order chi connectivity index (χ0) is 17.4. The molecule has 0 bridgehead atoms. The van der Waals surface area contributed by atoms with Crippen molar-refractivity contribution in [3.05, 3.63) is 83.9 Å². The lowest BCUT2D eigenvalue weighted by atomic mass is 10.1. The molecule has 0 aliphatic rings. The fraction of sp³-hybridized carbons (Fsp3) is 0.286. The first-order valence-electron chi connectivity index (χ1n) is 8.42. The molecule has 0 aliphatic heterocycles. The zero-order valence-corrected chi connectivity index (χ0v) is 15.7. The summed E-state index contributed by atoms with van der Waals surface area (Å²) in [5, 5.41) is 0. The Morgan fingerprint density at radius 2 is 1.58 bits per heavy atom. The van der Waals surface area contributed by atoms with Crippen molar-refractivity contribution in [1.82, 2.24) is 0 Å². The highest BCUT2D eigenvalue weighted by atomic mass is 28.3. The molecule has 0 saturated carbocycles. The van der Waals surface area contributed by atoms with Crippen molar-refractivity contribution in [1.29, 1.82) is 0 Å². The van der Waals surface area contributed by atoms with Gasteiger partial charge in [0.2, 0.25) is 0 Å². The maximum atomic E-state index is 11.9. The molecule has 0 amide bonds. The van der Waals surface area contributed by atoms with E-state index in [9.17, 15) is 4.79 Å². The van der Waals surface area contributed by atoms with Crippen LogP contribution >= 0.6 is 0 Å². The highest BCUT2D eigenvalue weighted by molar-refractivity contribution is 6.78. The molecule has 2 aromatic carbocycles. The van der Waals surface area contributed by atoms with E-state index < -0.39 is 8.07 Å². The van der Waals surface area contributed by atoms with Crippen LogP contribution in [0.3, 0.4) is 0 Å². The molecule has 0 heterocycles. The van der Waals surface area contributed by atoms with Crippen molar-refractivity contribution in [2.24, 2.45) is 0 Å². The second-order valence-corrected chi connectivity index (χ2v) is 12.3. The number of hydrogen-bond donors (Lipinski definition) is 0. The number of rotatable bonds is 7. The van der Waals surface area contributed by atoms with Gasteiger partial charge < -0.3 is 4.74 Å². The van der Waals surface area contributed by atoms with Crippen LogP contribution in [0.25, 0.3) is 0 Å². The van der Waals surface area contributed by atoms with Gasteiger partial charge in [0.05, 0.1) is 20.2 Å². The first kappa shape index (κ1) is 18.2. The lowest BCUT2D eigenvalue weighted by molar-refractivity contribution is 0.0511. The topological polar surface area (TPSA) is 26.3 Å². The molecule has 0 spiro atoms. The standard InChI is InChI=1S/C21H26O2Si/c1-24(2,3)20(18-12-6-4-7-13-18)16-10-11-17-23-21(22)19-14-8-5-9-15-19/h4-10,12-16,20H,11,17H2,1-3H3/b16-10+/t20-/m0/s1. The predicted molar refractivity (Wildman–Crippen MR) is 103 cm³/mol. The Morgan fingerprint density at radius 1 is 1.00 bits per heavy atom. The maximum absolute atomic E-state index is 11.9. The number of carbonyl (C=O) groups excluding carboxylic acids is 1. The van der Waals surface area contributed by atoms with E-state index in [4.69, 9.17) is 4.74 Å². The molecule has 0 saturated heterocycles. The average molecular weight is 339 g/mol. The minimum absolute atomic E-state index is 0.256. The van der Waals surface area contributed by atoms with Gasteiger partial charge in [0.15, 0.2) is 0 Å². The predicted octanol–water partition coefficient (Wildman–Crippen LogP) is 5.45. The van der Waals surface area contributed by atoms with Crippen LogP contribution < -0.4 is 0 Å². The van der Waals surface area contributed by atoms with Crippen molar-refractivity contribution in [3.63, 3.8) is 0 Å². The Labute approximate surface area is 146 Å². The van der Waals surface area contributed by atoms with E-state index in [0.29, 0.717) is 17.7 Å². The van der Waals surface area contributed by atoms with Crippen molar-refractivity contribution >= 4 is 14.0 Å². The smallest absolute Gasteiger partial charge is 0.338 e. The van der Waals surface area contributed by atoms with Gasteiger partial charge in [0.25, 0.3) is 0 Å². The summed E-state index contributed by atoms with van der Waals surface area (Å²) in [5.74, 6) is -0.256. The fourth-order valence-corrected chi connectivity index (χ4v) is 4.58. The first-order valence-corrected chi connectivity index (χ1v) is 12.0. The molecule has 1 atom stereocenters. The zero-order valence-electron chi connectivity index (χ0n) is 14.7. The summed E-state index contributed by atoms with van der Waals surface area (Å²) in [6.07, 6.45) is 5.18. The van der Waals surface area contributed by atoms with Gasteiger partial charge >= 0.3 is 5.97 Å². The Balaban J connectivity index is 1.88. The summed E-state index contributed by atoms with van der Waals surface area (Å²) in [7, 11) is -1.36. The molecular weight excluding hydrogens is 312 g/mol. The van der Waals surface area contributed by atoms with Gasteiger partial charge in [-0.05, 0) is 29.7 Å². The SMILES string of the molecule is C[Si](C)(C)[C@@H](/C=C/CCOC(=O)c1ccccc1)c1ccccc1. The minimum Gasteiger partial charge on any atom is -0.462 e. The van der Waals surface area contributed by atoms with Gasteiger partial charge in [-0.3, -0.25) is 0 Å². The number of ether oxygens (including phenoxy) is 1. The molecule has 126 valence electrons. The summed E-state index contributed by atoms with van der Waals surface area (Å²) in [5.41, 5.74) is 2.45. The highest BCUT2D eigenvalue weighted by Crippen LogP contribution is 2.28. The van der Waals surface area contributed by atoms with Gasteiger partial charge in [-0.25, -0.2) is 4.79 Å². The summed E-state index contributed by atoms with van der Waals surface area (Å²) < 4.78 is 5.32. The van der Waals surface area contributed by atoms with Gasteiger partial charge in [-0.15, -0.1) is 0 Å². The summed E-state index contributed by atoms with van der Waals surface area (Å²) in [4.78, 5) is 11.9. The van der Waals surface area contributed by atoms with Crippen LogP contribution in [0, 0.1) is 0 Å². The monoisotopic (exact) mass is 338 g/mol. The largest absolute Gasteiger partial charge is 0.462 e. The molecule has 0 aromatic heterocycles. The molecule has 0 radical (unpaired) electrons. The van der Waals surface area contributed by atoms with Crippen LogP contribution in [0.5, 0.6) is 0 Å². The Kier molecular flexibility index (Phi) is 6.56. The van der Waals surface area contributed by atoms with E-state index in [-0.39, 0.29) is 5.97 Å². The van der Waals surface area contributed by atoms with Crippen LogP contribution in [0.15, 0.2) is 72.8 Å². The molecule has 0 N–H and O–H groups in total. The number of benzene rings is 2. The molecule has 24 heavy (non-hydrogen) atoms. The highest BCUT2D eigenvalue weighted by Gasteiger charge is 2.25. The fourth-order valence-electron chi connectivity index (χ4n) is 2.67. The Bertz CT molecular complexity index is 657. The third-order valence-corrected chi connectivity index (χ3v) is 6.34. The molecule has 3 heteroatoms. The molecule has 0 unspecified atom stereocenters. The maximum Gasteiger partial charge on any atom is 0.338 e. The summed E-state index contributed by atoms with van der Waals surface area (Å²) in [6.45, 7) is 7.55. The molecular formula is C21H26O2Si. The van der Waals surface area contributed by atoms with E-state index in [1.807, 2.05) is 18.2 Å². The Hall–Kier alpha value is -2.13. The van der Waals surface area contributed by atoms with Gasteiger partial charge in [0, 0.05) is 0 Å². The van der Waals surface area contributed by atoms with Crippen molar-refractivity contribution in [3.8, 4) is 0 Å². The lowest BCUT2D eigenvalue weighted by Crippen LogP contribution is -2.29. The van der Waals surface area contributed by atoms with Crippen molar-refractivity contribution in [2.75, 3.05) is 6.61 Å². The second-order valence-electron chi connectivity index (χ2n) is 6.97. The molecule has 2 nitrogen and oxygen atoms in total. The number of allylic oxidation sites excluding steroid dienone is 1. The molecule has 0 fully saturated rings. The van der Waals surface area contributed by atoms with E-state index >= 15 is 0 Å². The van der Waals surface area contributed by atoms with E-state index in [1.165, 1.54) is 5.56 Å². The molecule has 0 aliphatic carbocycles. The van der Waals surface area contributed by atoms with Crippen molar-refractivity contribution < 1.29 is 9.53 Å². The van der Waals surface area contributed by atoms with E-state index in [0.717, 1.165) is 6.42 Å². The normalized spacial score (nSPS) is 13.0. The summed E-state index contributed by atoms with van der Waals surface area (Å²) >= 11 is 0. The van der Waals surface area contributed by atoms with Crippen LogP contribution in [-0.4, -0.2) is 20.7 Å². The van der Waals surface area contributed by atoms with Crippen LogP contribution in [0.4, 0.5) is 0 Å². The van der Waals surface area contributed by atoms with Crippen molar-refractivity contribution in [2.45, 2.75) is 31.6 Å². The molecule has 2 rings (SSSR count). The third kappa shape index (κ3) is 5.50. The van der Waals surface area contributed by atoms with Gasteiger partial charge in [-0.1, -0.05) is 80.3 Å². The average Bonchev–Trinajstić information content (AvgIpc) is 2.58.